The van der Waals surface area contributed by atoms with Gasteiger partial charge in [-0.3, -0.25) is 9.98 Å². The molecular weight excluding hydrogens is 423 g/mol. The molecule has 2 aromatic rings. The van der Waals surface area contributed by atoms with Crippen LogP contribution in [-0.2, 0) is 11.8 Å². The number of nitrogens with zero attached hydrogens (tertiary/aromatic N) is 2. The molecule has 1 heterocycles. The summed E-state index contributed by atoms with van der Waals surface area (Å²) in [6, 6.07) is 16.5. The third-order valence-corrected chi connectivity index (χ3v) is 3.93. The van der Waals surface area contributed by atoms with Gasteiger partial charge in [-0.1, -0.05) is 50.2 Å². The minimum atomic E-state index is 0. The summed E-state index contributed by atoms with van der Waals surface area (Å²) in [5.41, 5.74) is 2.40. The summed E-state index contributed by atoms with van der Waals surface area (Å²) < 4.78 is 0. The van der Waals surface area contributed by atoms with Crippen molar-refractivity contribution in [3.8, 4) is 0 Å². The van der Waals surface area contributed by atoms with E-state index >= 15 is 0 Å². The minimum Gasteiger partial charge on any atom is -0.357 e. The summed E-state index contributed by atoms with van der Waals surface area (Å²) in [6.07, 6.45) is 2.71. The lowest BCUT2D eigenvalue weighted by Gasteiger charge is -2.24. The quantitative estimate of drug-likeness (QED) is 0.382. The summed E-state index contributed by atoms with van der Waals surface area (Å²) in [4.78, 5) is 9.11. The zero-order valence-corrected chi connectivity index (χ0v) is 17.7. The maximum atomic E-state index is 4.77. The molecule has 0 unspecified atom stereocenters. The molecule has 136 valence electrons. The van der Waals surface area contributed by atoms with Gasteiger partial charge in [-0.15, -0.1) is 24.0 Å². The first-order valence-corrected chi connectivity index (χ1v) is 8.59. The van der Waals surface area contributed by atoms with Gasteiger partial charge in [-0.25, -0.2) is 0 Å². The van der Waals surface area contributed by atoms with E-state index in [1.54, 1.807) is 0 Å². The smallest absolute Gasteiger partial charge is 0.191 e. The van der Waals surface area contributed by atoms with Crippen LogP contribution in [-0.4, -0.2) is 30.6 Å². The molecule has 1 aromatic heterocycles. The third-order valence-electron chi connectivity index (χ3n) is 3.93. The van der Waals surface area contributed by atoms with Crippen LogP contribution in [0.25, 0.3) is 0 Å². The van der Waals surface area contributed by atoms with Crippen molar-refractivity contribution in [2.75, 3.05) is 19.6 Å². The Labute approximate surface area is 168 Å². The number of guanidine groups is 1. The van der Waals surface area contributed by atoms with Crippen molar-refractivity contribution < 1.29 is 0 Å². The van der Waals surface area contributed by atoms with Gasteiger partial charge in [0, 0.05) is 36.8 Å². The van der Waals surface area contributed by atoms with E-state index in [2.05, 4.69) is 60.7 Å². The average molecular weight is 452 g/mol. The third kappa shape index (κ3) is 7.42. The lowest BCUT2D eigenvalue weighted by Crippen LogP contribution is -2.39. The first kappa shape index (κ1) is 21.4. The van der Waals surface area contributed by atoms with Crippen molar-refractivity contribution >= 4 is 29.9 Å². The average Bonchev–Trinajstić information content (AvgIpc) is 2.61. The van der Waals surface area contributed by atoms with Crippen LogP contribution in [0.15, 0.2) is 59.7 Å². The van der Waals surface area contributed by atoms with Gasteiger partial charge in [0.1, 0.15) is 0 Å². The highest BCUT2D eigenvalue weighted by molar-refractivity contribution is 14.0. The Balaban J connectivity index is 0.00000312. The summed E-state index contributed by atoms with van der Waals surface area (Å²) in [5, 5.41) is 6.70. The van der Waals surface area contributed by atoms with Gasteiger partial charge in [0.15, 0.2) is 5.96 Å². The van der Waals surface area contributed by atoms with Crippen LogP contribution >= 0.6 is 24.0 Å². The number of hydrogen-bond acceptors (Lipinski definition) is 2. The number of rotatable bonds is 7. The molecule has 0 saturated heterocycles. The highest BCUT2D eigenvalue weighted by atomic mass is 127. The first-order chi connectivity index (χ1) is 11.6. The molecule has 0 aliphatic heterocycles. The molecule has 0 amide bonds. The molecule has 0 radical (unpaired) electrons. The second kappa shape index (κ2) is 11.1. The molecule has 0 fully saturated rings. The zero-order valence-electron chi connectivity index (χ0n) is 15.3. The SMILES string of the molecule is CCNC(=NCC(C)(C)c1ccccc1)NCCc1ccccn1.I. The summed E-state index contributed by atoms with van der Waals surface area (Å²) in [5.74, 6) is 0.859. The van der Waals surface area contributed by atoms with Crippen molar-refractivity contribution in [2.45, 2.75) is 32.6 Å². The van der Waals surface area contributed by atoms with Crippen LogP contribution in [0.4, 0.5) is 0 Å². The fraction of sp³-hybridized carbons (Fsp3) is 0.400. The van der Waals surface area contributed by atoms with E-state index in [1.165, 1.54) is 5.56 Å². The Kier molecular flexibility index (Phi) is 9.49. The molecule has 0 spiro atoms. The Morgan fingerprint density at radius 2 is 1.76 bits per heavy atom. The van der Waals surface area contributed by atoms with Gasteiger partial charge in [0.2, 0.25) is 0 Å². The van der Waals surface area contributed by atoms with E-state index in [1.807, 2.05) is 30.5 Å². The highest BCUT2D eigenvalue weighted by Gasteiger charge is 2.19. The van der Waals surface area contributed by atoms with E-state index in [9.17, 15) is 0 Å². The topological polar surface area (TPSA) is 49.3 Å². The molecule has 5 heteroatoms. The van der Waals surface area contributed by atoms with Crippen LogP contribution in [0.3, 0.4) is 0 Å². The fourth-order valence-electron chi connectivity index (χ4n) is 2.45. The molecule has 2 N–H and O–H groups in total. The number of aliphatic imine (C=N–C) groups is 1. The molecule has 1 aromatic carbocycles. The van der Waals surface area contributed by atoms with Gasteiger partial charge in [0.05, 0.1) is 6.54 Å². The van der Waals surface area contributed by atoms with Crippen LogP contribution in [0.2, 0.25) is 0 Å². The van der Waals surface area contributed by atoms with E-state index in [-0.39, 0.29) is 29.4 Å². The van der Waals surface area contributed by atoms with Crippen molar-refractivity contribution in [1.29, 1.82) is 0 Å². The molecule has 0 atom stereocenters. The summed E-state index contributed by atoms with van der Waals surface area (Å²) in [7, 11) is 0. The number of nitrogens with one attached hydrogen (secondary N) is 2. The Morgan fingerprint density at radius 1 is 1.04 bits per heavy atom. The van der Waals surface area contributed by atoms with E-state index in [4.69, 9.17) is 4.99 Å². The van der Waals surface area contributed by atoms with Crippen molar-refractivity contribution in [3.63, 3.8) is 0 Å². The monoisotopic (exact) mass is 452 g/mol. The highest BCUT2D eigenvalue weighted by Crippen LogP contribution is 2.22. The van der Waals surface area contributed by atoms with Gasteiger partial charge >= 0.3 is 0 Å². The molecule has 4 nitrogen and oxygen atoms in total. The molecular formula is C20H29IN4. The maximum absolute atomic E-state index is 4.77. The molecule has 25 heavy (non-hydrogen) atoms. The van der Waals surface area contributed by atoms with E-state index < -0.39 is 0 Å². The Bertz CT molecular complexity index is 627. The summed E-state index contributed by atoms with van der Waals surface area (Å²) in [6.45, 7) is 8.93. The largest absolute Gasteiger partial charge is 0.357 e. The van der Waals surface area contributed by atoms with E-state index in [0.29, 0.717) is 0 Å². The zero-order chi connectivity index (χ0) is 17.3. The Hall–Kier alpha value is -1.63. The lowest BCUT2D eigenvalue weighted by molar-refractivity contribution is 0.537. The fourth-order valence-corrected chi connectivity index (χ4v) is 2.45. The van der Waals surface area contributed by atoms with Gasteiger partial charge in [-0.2, -0.15) is 0 Å². The van der Waals surface area contributed by atoms with Crippen LogP contribution < -0.4 is 10.6 Å². The van der Waals surface area contributed by atoms with Crippen molar-refractivity contribution in [3.05, 3.63) is 66.0 Å². The first-order valence-electron chi connectivity index (χ1n) is 8.59. The number of benzene rings is 1. The van der Waals surface area contributed by atoms with Gasteiger partial charge in [-0.05, 0) is 24.6 Å². The van der Waals surface area contributed by atoms with Gasteiger partial charge in [0.25, 0.3) is 0 Å². The second-order valence-electron chi connectivity index (χ2n) is 6.44. The van der Waals surface area contributed by atoms with E-state index in [0.717, 1.165) is 37.7 Å². The van der Waals surface area contributed by atoms with Crippen molar-refractivity contribution in [1.82, 2.24) is 15.6 Å². The molecule has 0 aliphatic carbocycles. The van der Waals surface area contributed by atoms with Crippen molar-refractivity contribution in [2.24, 2.45) is 4.99 Å². The molecule has 2 rings (SSSR count). The van der Waals surface area contributed by atoms with Crippen LogP contribution in [0.5, 0.6) is 0 Å². The normalized spacial score (nSPS) is 11.6. The summed E-state index contributed by atoms with van der Waals surface area (Å²) >= 11 is 0. The Morgan fingerprint density at radius 3 is 2.40 bits per heavy atom. The molecule has 0 saturated carbocycles. The minimum absolute atomic E-state index is 0. The molecule has 0 aliphatic rings. The molecule has 0 bridgehead atoms. The second-order valence-corrected chi connectivity index (χ2v) is 6.44. The number of pyridine rings is 1. The van der Waals surface area contributed by atoms with Gasteiger partial charge < -0.3 is 10.6 Å². The maximum Gasteiger partial charge on any atom is 0.191 e. The number of aromatic nitrogens is 1. The predicted octanol–water partition coefficient (Wildman–Crippen LogP) is 3.78. The number of halogens is 1. The standard InChI is InChI=1S/C20H28N4.HI/c1-4-21-19(23-15-13-18-12-8-9-14-22-18)24-16-20(2,3)17-10-6-5-7-11-17;/h5-12,14H,4,13,15-16H2,1-3H3,(H2,21,23,24);1H. The van der Waals surface area contributed by atoms with Crippen LogP contribution in [0, 0.1) is 0 Å². The lowest BCUT2D eigenvalue weighted by atomic mass is 9.85. The van der Waals surface area contributed by atoms with Crippen LogP contribution in [0.1, 0.15) is 32.0 Å². The number of hydrogen-bond donors (Lipinski definition) is 2. The predicted molar refractivity (Wildman–Crippen MR) is 117 cm³/mol.